The molecule has 0 aliphatic rings. The molecular formula is C13H11F6N3O. The van der Waals surface area contributed by atoms with Crippen molar-refractivity contribution in [2.24, 2.45) is 0 Å². The van der Waals surface area contributed by atoms with Crippen LogP contribution in [0.15, 0.2) is 12.1 Å². The first-order valence-corrected chi connectivity index (χ1v) is 6.04. The highest BCUT2D eigenvalue weighted by atomic mass is 19.4. The summed E-state index contributed by atoms with van der Waals surface area (Å²) in [6, 6.07) is 2.25. The number of nitrogens with one attached hydrogen (secondary N) is 1. The van der Waals surface area contributed by atoms with E-state index in [0.717, 1.165) is 14.1 Å². The quantitative estimate of drug-likeness (QED) is 0.856. The van der Waals surface area contributed by atoms with E-state index in [1.54, 1.807) is 0 Å². The first kappa shape index (κ1) is 18.6. The van der Waals surface area contributed by atoms with Crippen LogP contribution in [0.25, 0.3) is 0 Å². The number of hydrogen-bond donors (Lipinski definition) is 1. The molecule has 0 bridgehead atoms. The molecule has 0 aliphatic carbocycles. The smallest absolute Gasteiger partial charge is 0.377 e. The lowest BCUT2D eigenvalue weighted by Gasteiger charge is -2.25. The van der Waals surface area contributed by atoms with Gasteiger partial charge in [0.25, 0.3) is 0 Å². The Morgan fingerprint density at radius 1 is 1.13 bits per heavy atom. The second kappa shape index (κ2) is 6.36. The van der Waals surface area contributed by atoms with Gasteiger partial charge in [-0.15, -0.1) is 0 Å². The van der Waals surface area contributed by atoms with Crippen molar-refractivity contribution >= 4 is 17.3 Å². The fourth-order valence-electron chi connectivity index (χ4n) is 1.90. The molecule has 0 saturated heterocycles. The van der Waals surface area contributed by atoms with Crippen molar-refractivity contribution < 1.29 is 31.1 Å². The molecule has 1 amide bonds. The Balaban J connectivity index is 3.60. The molecule has 0 atom stereocenters. The monoisotopic (exact) mass is 339 g/mol. The summed E-state index contributed by atoms with van der Waals surface area (Å²) in [4.78, 5) is 11.9. The summed E-state index contributed by atoms with van der Waals surface area (Å²) in [5, 5.41) is 10.2. The summed E-state index contributed by atoms with van der Waals surface area (Å²) in [6.07, 6.45) is -10.8. The average Bonchev–Trinajstić information content (AvgIpc) is 2.35. The Morgan fingerprint density at radius 2 is 1.57 bits per heavy atom. The zero-order valence-electron chi connectivity index (χ0n) is 11.9. The minimum Gasteiger partial charge on any atom is -0.377 e. The van der Waals surface area contributed by atoms with Crippen molar-refractivity contribution in [2.45, 2.75) is 18.8 Å². The van der Waals surface area contributed by atoms with Gasteiger partial charge in [0, 0.05) is 19.8 Å². The molecule has 10 heteroatoms. The van der Waals surface area contributed by atoms with Gasteiger partial charge < -0.3 is 10.2 Å². The van der Waals surface area contributed by atoms with E-state index in [2.05, 4.69) is 0 Å². The van der Waals surface area contributed by atoms with E-state index in [0.29, 0.717) is 17.0 Å². The molecule has 0 aliphatic heterocycles. The number of halogens is 6. The Kier molecular flexibility index (Phi) is 5.14. The van der Waals surface area contributed by atoms with E-state index in [-0.39, 0.29) is 0 Å². The lowest BCUT2D eigenvalue weighted by atomic mass is 10.0. The number of nitrogens with zero attached hydrogens (tertiary/aromatic N) is 2. The normalized spacial score (nSPS) is 11.8. The van der Waals surface area contributed by atoms with E-state index in [4.69, 9.17) is 5.26 Å². The van der Waals surface area contributed by atoms with Crippen molar-refractivity contribution in [3.05, 3.63) is 23.3 Å². The summed E-state index contributed by atoms with van der Waals surface area (Å²) in [5.74, 6) is -1.01. The molecule has 0 saturated carbocycles. The topological polar surface area (TPSA) is 56.1 Å². The lowest BCUT2D eigenvalue weighted by Crippen LogP contribution is -2.23. The average molecular weight is 339 g/mol. The van der Waals surface area contributed by atoms with Crippen molar-refractivity contribution in [1.82, 2.24) is 0 Å². The number of alkyl halides is 6. The van der Waals surface area contributed by atoms with Gasteiger partial charge in [0.05, 0.1) is 22.9 Å². The van der Waals surface area contributed by atoms with Crippen LogP contribution < -0.4 is 10.2 Å². The standard InChI is InChI=1S/C13H11F6N3O/c1-22(2)11-8(12(14,15)16)5-7(21-10(23)3-4-20)6-9(11)13(17,18)19/h5-6H,3H2,1-2H3,(H,21,23). The highest BCUT2D eigenvalue weighted by Crippen LogP contribution is 2.45. The zero-order chi connectivity index (χ0) is 18.0. The molecule has 1 rings (SSSR count). The molecule has 1 aromatic carbocycles. The van der Waals surface area contributed by atoms with E-state index >= 15 is 0 Å². The highest BCUT2D eigenvalue weighted by Gasteiger charge is 2.42. The third-order valence-electron chi connectivity index (χ3n) is 2.69. The van der Waals surface area contributed by atoms with Crippen molar-refractivity contribution in [3.63, 3.8) is 0 Å². The highest BCUT2D eigenvalue weighted by molar-refractivity contribution is 5.92. The van der Waals surface area contributed by atoms with Crippen LogP contribution in [0.2, 0.25) is 0 Å². The van der Waals surface area contributed by atoms with E-state index in [9.17, 15) is 31.1 Å². The number of nitriles is 1. The van der Waals surface area contributed by atoms with Crippen molar-refractivity contribution in [2.75, 3.05) is 24.3 Å². The van der Waals surface area contributed by atoms with Gasteiger partial charge in [0.1, 0.15) is 6.42 Å². The van der Waals surface area contributed by atoms with Gasteiger partial charge >= 0.3 is 12.4 Å². The van der Waals surface area contributed by atoms with Crippen LogP contribution in [0.5, 0.6) is 0 Å². The molecule has 1 N–H and O–H groups in total. The Labute approximate surface area is 127 Å². The van der Waals surface area contributed by atoms with Gasteiger partial charge in [-0.1, -0.05) is 0 Å². The van der Waals surface area contributed by atoms with Crippen LogP contribution in [-0.4, -0.2) is 20.0 Å². The number of amides is 1. The molecule has 4 nitrogen and oxygen atoms in total. The largest absolute Gasteiger partial charge is 0.418 e. The fourth-order valence-corrected chi connectivity index (χ4v) is 1.90. The summed E-state index contributed by atoms with van der Waals surface area (Å²) in [7, 11) is 2.10. The fraction of sp³-hybridized carbons (Fsp3) is 0.385. The summed E-state index contributed by atoms with van der Waals surface area (Å²) >= 11 is 0. The first-order valence-electron chi connectivity index (χ1n) is 6.04. The first-order chi connectivity index (χ1) is 10.4. The molecule has 0 unspecified atom stereocenters. The predicted octanol–water partition coefficient (Wildman–Crippen LogP) is 3.64. The van der Waals surface area contributed by atoms with E-state index < -0.39 is 47.2 Å². The molecule has 0 spiro atoms. The molecule has 1 aromatic rings. The molecule has 0 fully saturated rings. The summed E-state index contributed by atoms with van der Waals surface area (Å²) in [6.45, 7) is 0. The maximum absolute atomic E-state index is 13.1. The maximum atomic E-state index is 13.1. The molecule has 0 aromatic heterocycles. The van der Waals surface area contributed by atoms with Gasteiger partial charge in [-0.2, -0.15) is 31.6 Å². The van der Waals surface area contributed by atoms with Crippen LogP contribution in [0, 0.1) is 11.3 Å². The Hall–Kier alpha value is -2.44. The minimum atomic E-state index is -5.06. The third kappa shape index (κ3) is 4.51. The molecule has 0 heterocycles. The third-order valence-corrected chi connectivity index (χ3v) is 2.69. The number of rotatable bonds is 3. The van der Waals surface area contributed by atoms with Crippen molar-refractivity contribution in [3.8, 4) is 6.07 Å². The van der Waals surface area contributed by atoms with Crippen LogP contribution >= 0.6 is 0 Å². The van der Waals surface area contributed by atoms with Crippen LogP contribution in [0.4, 0.5) is 37.7 Å². The maximum Gasteiger partial charge on any atom is 0.418 e. The van der Waals surface area contributed by atoms with Crippen LogP contribution in [0.1, 0.15) is 17.5 Å². The van der Waals surface area contributed by atoms with Gasteiger partial charge in [-0.25, -0.2) is 0 Å². The van der Waals surface area contributed by atoms with Crippen LogP contribution in [-0.2, 0) is 17.1 Å². The number of carbonyl (C=O) groups excluding carboxylic acids is 1. The molecule has 126 valence electrons. The minimum absolute atomic E-state index is 0.403. The van der Waals surface area contributed by atoms with Gasteiger partial charge in [0.2, 0.25) is 5.91 Å². The lowest BCUT2D eigenvalue weighted by molar-refractivity contribution is -0.142. The number of anilines is 2. The van der Waals surface area contributed by atoms with E-state index in [1.807, 2.05) is 5.32 Å². The molecular weight excluding hydrogens is 328 g/mol. The molecule has 23 heavy (non-hydrogen) atoms. The zero-order valence-corrected chi connectivity index (χ0v) is 11.9. The number of carbonyl (C=O) groups is 1. The van der Waals surface area contributed by atoms with Gasteiger partial charge in [-0.3, -0.25) is 4.79 Å². The van der Waals surface area contributed by atoms with E-state index in [1.165, 1.54) is 6.07 Å². The van der Waals surface area contributed by atoms with Crippen LogP contribution in [0.3, 0.4) is 0 Å². The Morgan fingerprint density at radius 3 is 1.87 bits per heavy atom. The predicted molar refractivity (Wildman–Crippen MR) is 69.6 cm³/mol. The van der Waals surface area contributed by atoms with Gasteiger partial charge in [-0.05, 0) is 12.1 Å². The summed E-state index contributed by atoms with van der Waals surface area (Å²) < 4.78 is 78.5. The SMILES string of the molecule is CN(C)c1c(C(F)(F)F)cc(NC(=O)CC#N)cc1C(F)(F)F. The molecule has 0 radical (unpaired) electrons. The van der Waals surface area contributed by atoms with Gasteiger partial charge in [0.15, 0.2) is 0 Å². The Bertz CT molecular complexity index is 608. The second-order valence-corrected chi connectivity index (χ2v) is 4.69. The second-order valence-electron chi connectivity index (χ2n) is 4.69. The van der Waals surface area contributed by atoms with Crippen molar-refractivity contribution in [1.29, 1.82) is 5.26 Å². The summed E-state index contributed by atoms with van der Waals surface area (Å²) in [5.41, 5.74) is -4.81. The number of benzene rings is 1. The number of hydrogen-bond acceptors (Lipinski definition) is 3.